The Kier molecular flexibility index (Phi) is 2.86. The van der Waals surface area contributed by atoms with Crippen molar-refractivity contribution in [3.05, 3.63) is 0 Å². The first kappa shape index (κ1) is 9.44. The molecule has 0 heterocycles. The maximum absolute atomic E-state index is 9.59. The number of aliphatic hydroxyl groups excluding tert-OH is 2. The zero-order valence-corrected chi connectivity index (χ0v) is 7.95. The van der Waals surface area contributed by atoms with Gasteiger partial charge in [0.05, 0.1) is 12.2 Å². The van der Waals surface area contributed by atoms with Crippen LogP contribution in [0.5, 0.6) is 0 Å². The molecule has 0 aromatic heterocycles. The second kappa shape index (κ2) is 3.95. The molecular weight excluding hydrogens is 166 g/mol. The molecule has 2 aliphatic rings. The van der Waals surface area contributed by atoms with Gasteiger partial charge in [0.1, 0.15) is 0 Å². The molecule has 2 rings (SSSR count). The van der Waals surface area contributed by atoms with Crippen LogP contribution in [-0.2, 0) is 0 Å². The van der Waals surface area contributed by atoms with Gasteiger partial charge in [-0.05, 0) is 38.5 Å². The molecule has 3 nitrogen and oxygen atoms in total. The van der Waals surface area contributed by atoms with Crippen molar-refractivity contribution in [2.45, 2.75) is 62.8 Å². The minimum absolute atomic E-state index is 0.187. The number of hydrogen-bond donors (Lipinski definition) is 3. The summed E-state index contributed by atoms with van der Waals surface area (Å²) >= 11 is 0. The van der Waals surface area contributed by atoms with Gasteiger partial charge in [-0.3, -0.25) is 0 Å². The van der Waals surface area contributed by atoms with E-state index < -0.39 is 0 Å². The quantitative estimate of drug-likeness (QED) is 0.584. The van der Waals surface area contributed by atoms with Crippen LogP contribution in [0.4, 0.5) is 0 Å². The highest BCUT2D eigenvalue weighted by Crippen LogP contribution is 2.24. The van der Waals surface area contributed by atoms with Gasteiger partial charge in [0.25, 0.3) is 0 Å². The fraction of sp³-hybridized carbons (Fsp3) is 1.00. The van der Waals surface area contributed by atoms with E-state index in [1.54, 1.807) is 0 Å². The summed E-state index contributed by atoms with van der Waals surface area (Å²) in [5.74, 6) is 0. The van der Waals surface area contributed by atoms with Crippen LogP contribution in [0, 0.1) is 0 Å². The molecule has 0 spiro atoms. The van der Waals surface area contributed by atoms with Gasteiger partial charge in [0.15, 0.2) is 0 Å². The van der Waals surface area contributed by atoms with Crippen molar-refractivity contribution in [1.82, 2.24) is 5.32 Å². The van der Waals surface area contributed by atoms with E-state index in [0.29, 0.717) is 0 Å². The Labute approximate surface area is 79.2 Å². The molecule has 76 valence electrons. The average molecular weight is 185 g/mol. The zero-order valence-electron chi connectivity index (χ0n) is 7.95. The summed E-state index contributed by atoms with van der Waals surface area (Å²) in [6.07, 6.45) is 5.81. The Morgan fingerprint density at radius 3 is 1.54 bits per heavy atom. The van der Waals surface area contributed by atoms with Crippen LogP contribution < -0.4 is 5.32 Å². The van der Waals surface area contributed by atoms with Gasteiger partial charge in [-0.15, -0.1) is 0 Å². The van der Waals surface area contributed by atoms with Gasteiger partial charge in [0, 0.05) is 12.1 Å². The molecule has 0 aromatic rings. The van der Waals surface area contributed by atoms with E-state index in [2.05, 4.69) is 5.32 Å². The van der Waals surface area contributed by atoms with Crippen LogP contribution in [0.3, 0.4) is 0 Å². The SMILES string of the molecule is O[C@@H]1CCC[C@H]1N[C@@H]1CCC[C@H]1O. The van der Waals surface area contributed by atoms with E-state index in [4.69, 9.17) is 0 Å². The lowest BCUT2D eigenvalue weighted by Crippen LogP contribution is -2.45. The molecule has 2 saturated carbocycles. The largest absolute Gasteiger partial charge is 0.392 e. The summed E-state index contributed by atoms with van der Waals surface area (Å²) in [4.78, 5) is 0. The predicted molar refractivity (Wildman–Crippen MR) is 50.4 cm³/mol. The standard InChI is InChI=1S/C10H19NO2/c12-9-5-1-3-7(9)11-8-4-2-6-10(8)13/h7-13H,1-6H2/t7-,8-,9-,10-/m1/s1. The van der Waals surface area contributed by atoms with Gasteiger partial charge in [-0.25, -0.2) is 0 Å². The molecule has 0 unspecified atom stereocenters. The summed E-state index contributed by atoms with van der Waals surface area (Å²) in [6.45, 7) is 0. The predicted octanol–water partition coefficient (Wildman–Crippen LogP) is 0.403. The Bertz CT molecular complexity index is 156. The van der Waals surface area contributed by atoms with Gasteiger partial charge in [-0.2, -0.15) is 0 Å². The normalized spacial score (nSPS) is 45.7. The highest BCUT2D eigenvalue weighted by Gasteiger charge is 2.31. The fourth-order valence-corrected chi connectivity index (χ4v) is 2.54. The van der Waals surface area contributed by atoms with Crippen LogP contribution >= 0.6 is 0 Å². The number of rotatable bonds is 2. The Balaban J connectivity index is 1.82. The molecule has 0 saturated heterocycles. The van der Waals surface area contributed by atoms with Gasteiger partial charge >= 0.3 is 0 Å². The minimum Gasteiger partial charge on any atom is -0.392 e. The molecule has 0 aromatic carbocycles. The van der Waals surface area contributed by atoms with E-state index in [-0.39, 0.29) is 24.3 Å². The third-order valence-corrected chi connectivity index (χ3v) is 3.39. The summed E-state index contributed by atoms with van der Waals surface area (Å²) in [6, 6.07) is 0.468. The highest BCUT2D eigenvalue weighted by atomic mass is 16.3. The zero-order chi connectivity index (χ0) is 9.26. The van der Waals surface area contributed by atoms with Crippen molar-refractivity contribution in [2.75, 3.05) is 0 Å². The summed E-state index contributed by atoms with van der Waals surface area (Å²) < 4.78 is 0. The van der Waals surface area contributed by atoms with Crippen molar-refractivity contribution in [2.24, 2.45) is 0 Å². The van der Waals surface area contributed by atoms with Crippen molar-refractivity contribution in [3.8, 4) is 0 Å². The second-order valence-electron chi connectivity index (χ2n) is 4.38. The number of nitrogens with one attached hydrogen (secondary N) is 1. The molecule has 3 heteroatoms. The molecule has 13 heavy (non-hydrogen) atoms. The highest BCUT2D eigenvalue weighted by molar-refractivity contribution is 4.90. The second-order valence-corrected chi connectivity index (χ2v) is 4.38. The van der Waals surface area contributed by atoms with E-state index in [0.717, 1.165) is 38.5 Å². The number of hydrogen-bond acceptors (Lipinski definition) is 3. The molecule has 3 N–H and O–H groups in total. The third kappa shape index (κ3) is 2.03. The van der Waals surface area contributed by atoms with Gasteiger partial charge in [0.2, 0.25) is 0 Å². The average Bonchev–Trinajstić information content (AvgIpc) is 2.65. The van der Waals surface area contributed by atoms with Crippen LogP contribution in [-0.4, -0.2) is 34.5 Å². The maximum Gasteiger partial charge on any atom is 0.0693 e. The number of aliphatic hydroxyl groups is 2. The smallest absolute Gasteiger partial charge is 0.0693 e. The van der Waals surface area contributed by atoms with Gasteiger partial charge < -0.3 is 15.5 Å². The third-order valence-electron chi connectivity index (χ3n) is 3.39. The lowest BCUT2D eigenvalue weighted by atomic mass is 10.1. The summed E-state index contributed by atoms with van der Waals surface area (Å²) in [5.41, 5.74) is 0. The monoisotopic (exact) mass is 185 g/mol. The first-order chi connectivity index (χ1) is 6.27. The molecule has 4 atom stereocenters. The molecule has 0 radical (unpaired) electrons. The molecule has 0 aliphatic heterocycles. The van der Waals surface area contributed by atoms with E-state index in [1.165, 1.54) is 0 Å². The summed E-state index contributed by atoms with van der Waals surface area (Å²) in [7, 11) is 0. The van der Waals surface area contributed by atoms with Gasteiger partial charge in [-0.1, -0.05) is 0 Å². The maximum atomic E-state index is 9.59. The van der Waals surface area contributed by atoms with Crippen LogP contribution in [0.25, 0.3) is 0 Å². The Hall–Kier alpha value is -0.120. The Morgan fingerprint density at radius 1 is 0.769 bits per heavy atom. The molecule has 0 bridgehead atoms. The van der Waals surface area contributed by atoms with Crippen molar-refractivity contribution in [1.29, 1.82) is 0 Å². The molecular formula is C10H19NO2. The van der Waals surface area contributed by atoms with Crippen LogP contribution in [0.2, 0.25) is 0 Å². The lowest BCUT2D eigenvalue weighted by Gasteiger charge is -2.23. The first-order valence-electron chi connectivity index (χ1n) is 5.39. The summed E-state index contributed by atoms with van der Waals surface area (Å²) in [5, 5.41) is 22.6. The topological polar surface area (TPSA) is 52.5 Å². The van der Waals surface area contributed by atoms with Crippen molar-refractivity contribution in [3.63, 3.8) is 0 Å². The first-order valence-corrected chi connectivity index (χ1v) is 5.39. The van der Waals surface area contributed by atoms with E-state index in [1.807, 2.05) is 0 Å². The van der Waals surface area contributed by atoms with Crippen LogP contribution in [0.15, 0.2) is 0 Å². The molecule has 2 aliphatic carbocycles. The molecule has 2 fully saturated rings. The van der Waals surface area contributed by atoms with E-state index >= 15 is 0 Å². The minimum atomic E-state index is -0.187. The van der Waals surface area contributed by atoms with Crippen LogP contribution in [0.1, 0.15) is 38.5 Å². The lowest BCUT2D eigenvalue weighted by molar-refractivity contribution is 0.108. The Morgan fingerprint density at radius 2 is 1.23 bits per heavy atom. The van der Waals surface area contributed by atoms with Crippen molar-refractivity contribution < 1.29 is 10.2 Å². The van der Waals surface area contributed by atoms with E-state index in [9.17, 15) is 10.2 Å². The fourth-order valence-electron chi connectivity index (χ4n) is 2.54. The van der Waals surface area contributed by atoms with Crippen molar-refractivity contribution >= 4 is 0 Å². The molecule has 0 amide bonds.